The summed E-state index contributed by atoms with van der Waals surface area (Å²) >= 11 is 1.85. The second kappa shape index (κ2) is 7.84. The Kier molecular flexibility index (Phi) is 5.56. The van der Waals surface area contributed by atoms with E-state index in [2.05, 4.69) is 34.5 Å². The van der Waals surface area contributed by atoms with Crippen molar-refractivity contribution in [2.75, 3.05) is 38.5 Å². The number of benzene rings is 1. The van der Waals surface area contributed by atoms with Gasteiger partial charge in [-0.3, -0.25) is 14.5 Å². The molecule has 6 heteroatoms. The van der Waals surface area contributed by atoms with Gasteiger partial charge in [0, 0.05) is 49.4 Å². The van der Waals surface area contributed by atoms with Crippen LogP contribution in [0.3, 0.4) is 0 Å². The van der Waals surface area contributed by atoms with Crippen molar-refractivity contribution in [2.45, 2.75) is 23.8 Å². The normalized spacial score (nSPS) is 18.7. The number of hydrogen-bond acceptors (Lipinski definition) is 4. The second-order valence-electron chi connectivity index (χ2n) is 6.04. The van der Waals surface area contributed by atoms with Gasteiger partial charge in [0.15, 0.2) is 0 Å². The van der Waals surface area contributed by atoms with Gasteiger partial charge in [-0.25, -0.2) is 0 Å². The number of nitrogens with one attached hydrogen (secondary N) is 1. The Morgan fingerprint density at radius 2 is 1.78 bits per heavy atom. The third kappa shape index (κ3) is 4.97. The molecule has 0 atom stereocenters. The van der Waals surface area contributed by atoms with Crippen LogP contribution >= 0.6 is 11.8 Å². The van der Waals surface area contributed by atoms with Gasteiger partial charge in [-0.2, -0.15) is 0 Å². The Hall–Kier alpha value is -1.53. The first-order valence-electron chi connectivity index (χ1n) is 8.22. The molecule has 2 fully saturated rings. The molecular weight excluding hydrogens is 310 g/mol. The number of carbonyl (C=O) groups excluding carboxylic acids is 2. The van der Waals surface area contributed by atoms with Gasteiger partial charge in [0.25, 0.3) is 0 Å². The summed E-state index contributed by atoms with van der Waals surface area (Å²) in [5.41, 5.74) is 0. The molecule has 0 bridgehead atoms. The van der Waals surface area contributed by atoms with Crippen LogP contribution in [0.1, 0.15) is 12.8 Å². The molecule has 0 spiro atoms. The Bertz CT molecular complexity index is 540. The topological polar surface area (TPSA) is 52.7 Å². The van der Waals surface area contributed by atoms with E-state index in [4.69, 9.17) is 0 Å². The summed E-state index contributed by atoms with van der Waals surface area (Å²) in [5, 5.41) is 2.77. The zero-order valence-corrected chi connectivity index (χ0v) is 14.1. The largest absolute Gasteiger partial charge is 0.345 e. The molecule has 124 valence electrons. The third-order valence-electron chi connectivity index (χ3n) is 4.19. The lowest BCUT2D eigenvalue weighted by atomic mass is 10.3. The summed E-state index contributed by atoms with van der Waals surface area (Å²) in [4.78, 5) is 29.2. The summed E-state index contributed by atoms with van der Waals surface area (Å²) in [6.07, 6.45) is 2.01. The van der Waals surface area contributed by atoms with Gasteiger partial charge in [-0.1, -0.05) is 18.2 Å². The van der Waals surface area contributed by atoms with Crippen LogP contribution < -0.4 is 5.32 Å². The monoisotopic (exact) mass is 333 g/mol. The Morgan fingerprint density at radius 1 is 1.09 bits per heavy atom. The maximum Gasteiger partial charge on any atom is 0.311 e. The average molecular weight is 333 g/mol. The first-order valence-corrected chi connectivity index (χ1v) is 9.21. The van der Waals surface area contributed by atoms with Gasteiger partial charge in [0.1, 0.15) is 0 Å². The summed E-state index contributed by atoms with van der Waals surface area (Å²) < 4.78 is 0. The van der Waals surface area contributed by atoms with E-state index in [1.54, 1.807) is 4.90 Å². The summed E-state index contributed by atoms with van der Waals surface area (Å²) in [7, 11) is 0. The molecular formula is C17H23N3O2S. The van der Waals surface area contributed by atoms with E-state index in [1.807, 2.05) is 17.8 Å². The average Bonchev–Trinajstić information content (AvgIpc) is 3.40. The molecule has 1 aliphatic heterocycles. The van der Waals surface area contributed by atoms with E-state index in [1.165, 1.54) is 4.90 Å². The van der Waals surface area contributed by atoms with Crippen LogP contribution in [0, 0.1) is 0 Å². The molecule has 0 aromatic heterocycles. The van der Waals surface area contributed by atoms with E-state index in [-0.39, 0.29) is 11.9 Å². The molecule has 2 amide bonds. The molecule has 1 heterocycles. The lowest BCUT2D eigenvalue weighted by molar-refractivity contribution is -0.147. The quantitative estimate of drug-likeness (QED) is 0.650. The highest BCUT2D eigenvalue weighted by molar-refractivity contribution is 7.99. The van der Waals surface area contributed by atoms with E-state index in [9.17, 15) is 9.59 Å². The fourth-order valence-electron chi connectivity index (χ4n) is 2.60. The predicted molar refractivity (Wildman–Crippen MR) is 91.4 cm³/mol. The number of carbonyl (C=O) groups is 2. The minimum Gasteiger partial charge on any atom is -0.345 e. The summed E-state index contributed by atoms with van der Waals surface area (Å²) in [6.45, 7) is 3.99. The van der Waals surface area contributed by atoms with Crippen LogP contribution in [0.15, 0.2) is 35.2 Å². The fourth-order valence-corrected chi connectivity index (χ4v) is 3.54. The van der Waals surface area contributed by atoms with Crippen molar-refractivity contribution >= 4 is 23.6 Å². The van der Waals surface area contributed by atoms with Crippen molar-refractivity contribution in [3.8, 4) is 0 Å². The van der Waals surface area contributed by atoms with Crippen molar-refractivity contribution in [1.82, 2.24) is 15.1 Å². The maximum atomic E-state index is 12.1. The van der Waals surface area contributed by atoms with E-state index in [0.717, 1.165) is 38.2 Å². The number of thioether (sulfide) groups is 1. The highest BCUT2D eigenvalue weighted by Gasteiger charge is 2.30. The lowest BCUT2D eigenvalue weighted by Gasteiger charge is -2.34. The molecule has 1 aliphatic carbocycles. The molecule has 0 radical (unpaired) electrons. The first kappa shape index (κ1) is 16.3. The standard InChI is InChI=1S/C17H23N3O2S/c21-16(18-14-6-7-14)17(22)20-10-8-19(9-11-20)12-13-23-15-4-2-1-3-5-15/h1-5,14H,6-13H2,(H,18,21). The molecule has 1 saturated carbocycles. The number of hydrogen-bond donors (Lipinski definition) is 1. The molecule has 3 rings (SSSR count). The van der Waals surface area contributed by atoms with Crippen LogP contribution in [-0.4, -0.2) is 66.1 Å². The van der Waals surface area contributed by atoms with Gasteiger partial charge in [-0.05, 0) is 25.0 Å². The molecule has 5 nitrogen and oxygen atoms in total. The fraction of sp³-hybridized carbons (Fsp3) is 0.529. The number of rotatable bonds is 5. The second-order valence-corrected chi connectivity index (χ2v) is 7.21. The highest BCUT2D eigenvalue weighted by Crippen LogP contribution is 2.19. The van der Waals surface area contributed by atoms with Gasteiger partial charge >= 0.3 is 11.8 Å². The Labute approximate surface area is 141 Å². The van der Waals surface area contributed by atoms with Gasteiger partial charge in [0.2, 0.25) is 0 Å². The SMILES string of the molecule is O=C(NC1CC1)C(=O)N1CCN(CCSc2ccccc2)CC1. The summed E-state index contributed by atoms with van der Waals surface area (Å²) in [6, 6.07) is 10.6. The van der Waals surface area contributed by atoms with E-state index in [0.29, 0.717) is 13.1 Å². The van der Waals surface area contributed by atoms with Crippen LogP contribution in [0.5, 0.6) is 0 Å². The molecule has 2 aliphatic rings. The highest BCUT2D eigenvalue weighted by atomic mass is 32.2. The smallest absolute Gasteiger partial charge is 0.311 e. The van der Waals surface area contributed by atoms with Gasteiger partial charge in [0.05, 0.1) is 0 Å². The van der Waals surface area contributed by atoms with Crippen molar-refractivity contribution in [3.63, 3.8) is 0 Å². The van der Waals surface area contributed by atoms with Crippen molar-refractivity contribution in [3.05, 3.63) is 30.3 Å². The van der Waals surface area contributed by atoms with Crippen LogP contribution in [0.2, 0.25) is 0 Å². The maximum absolute atomic E-state index is 12.1. The van der Waals surface area contributed by atoms with Gasteiger partial charge in [-0.15, -0.1) is 11.8 Å². The number of amides is 2. The first-order chi connectivity index (χ1) is 11.2. The van der Waals surface area contributed by atoms with Crippen LogP contribution in [0.25, 0.3) is 0 Å². The predicted octanol–water partition coefficient (Wildman–Crippen LogP) is 1.20. The number of piperazine rings is 1. The molecule has 0 unspecified atom stereocenters. The number of nitrogens with zero attached hydrogens (tertiary/aromatic N) is 2. The minimum atomic E-state index is -0.430. The molecule has 23 heavy (non-hydrogen) atoms. The lowest BCUT2D eigenvalue weighted by Crippen LogP contribution is -2.53. The van der Waals surface area contributed by atoms with E-state index < -0.39 is 5.91 Å². The zero-order valence-electron chi connectivity index (χ0n) is 13.2. The van der Waals surface area contributed by atoms with Crippen LogP contribution in [-0.2, 0) is 9.59 Å². The minimum absolute atomic E-state index is 0.239. The Morgan fingerprint density at radius 3 is 2.43 bits per heavy atom. The van der Waals surface area contributed by atoms with E-state index >= 15 is 0 Å². The van der Waals surface area contributed by atoms with Crippen LogP contribution in [0.4, 0.5) is 0 Å². The zero-order chi connectivity index (χ0) is 16.1. The Balaban J connectivity index is 1.34. The van der Waals surface area contributed by atoms with Crippen molar-refractivity contribution < 1.29 is 9.59 Å². The molecule has 1 aromatic carbocycles. The molecule has 1 saturated heterocycles. The van der Waals surface area contributed by atoms with Crippen molar-refractivity contribution in [1.29, 1.82) is 0 Å². The molecule has 1 N–H and O–H groups in total. The molecule has 1 aromatic rings. The van der Waals surface area contributed by atoms with Crippen molar-refractivity contribution in [2.24, 2.45) is 0 Å². The van der Waals surface area contributed by atoms with Gasteiger partial charge < -0.3 is 10.2 Å². The third-order valence-corrected chi connectivity index (χ3v) is 5.18. The summed E-state index contributed by atoms with van der Waals surface area (Å²) in [5.74, 6) is 0.246.